The van der Waals surface area contributed by atoms with Gasteiger partial charge in [-0.2, -0.15) is 0 Å². The van der Waals surface area contributed by atoms with Crippen LogP contribution in [0.2, 0.25) is 5.02 Å². The van der Waals surface area contributed by atoms with Crippen molar-refractivity contribution in [1.29, 1.82) is 0 Å². The van der Waals surface area contributed by atoms with E-state index >= 15 is 0 Å². The van der Waals surface area contributed by atoms with Crippen molar-refractivity contribution in [3.05, 3.63) is 40.7 Å². The number of piperidine rings is 1. The second-order valence-corrected chi connectivity index (χ2v) is 9.03. The molecule has 1 aromatic carbocycles. The number of aliphatic hydroxyl groups is 1. The van der Waals surface area contributed by atoms with Gasteiger partial charge in [-0.1, -0.05) is 17.7 Å². The van der Waals surface area contributed by atoms with Crippen molar-refractivity contribution in [3.63, 3.8) is 0 Å². The third-order valence-corrected chi connectivity index (χ3v) is 6.77. The number of benzene rings is 1. The SMILES string of the molecule is CO[C@@H]1CN(CCCN2CCN(C(=O)/C=C/c3ccc(F)c(Cl)c3)CCC2=O)CC[C@@H]1CO. The molecule has 2 fully saturated rings. The first-order chi connectivity index (χ1) is 15.9. The lowest BCUT2D eigenvalue weighted by atomic mass is 9.94. The standard InChI is InChI=1S/C24H33ClFN3O4/c1-33-22-16-27(11-7-19(22)17-30)9-2-10-28-13-14-29(12-8-24(28)32)23(31)6-4-18-3-5-21(26)20(25)15-18/h3-6,15,19,22,30H,2,7-14,16-17H2,1H3/b6-4+/t19-,22-/m1/s1. The summed E-state index contributed by atoms with van der Waals surface area (Å²) in [5, 5.41) is 9.47. The highest BCUT2D eigenvalue weighted by Gasteiger charge is 2.29. The predicted molar refractivity (Wildman–Crippen MR) is 125 cm³/mol. The van der Waals surface area contributed by atoms with Crippen LogP contribution in [0.3, 0.4) is 0 Å². The van der Waals surface area contributed by atoms with Crippen LogP contribution < -0.4 is 0 Å². The largest absolute Gasteiger partial charge is 0.396 e. The Morgan fingerprint density at radius 3 is 2.82 bits per heavy atom. The second kappa shape index (κ2) is 12.5. The molecular weight excluding hydrogens is 449 g/mol. The Bertz CT molecular complexity index is 853. The van der Waals surface area contributed by atoms with Gasteiger partial charge < -0.3 is 24.5 Å². The molecule has 2 amide bonds. The molecule has 2 atom stereocenters. The zero-order chi connectivity index (χ0) is 23.8. The van der Waals surface area contributed by atoms with Crippen LogP contribution in [0.5, 0.6) is 0 Å². The quantitative estimate of drug-likeness (QED) is 0.577. The molecule has 182 valence electrons. The number of nitrogens with zero attached hydrogens (tertiary/aromatic N) is 3. The number of aliphatic hydroxyl groups excluding tert-OH is 1. The van der Waals surface area contributed by atoms with E-state index in [4.69, 9.17) is 16.3 Å². The van der Waals surface area contributed by atoms with Gasteiger partial charge in [-0.15, -0.1) is 0 Å². The Labute approximate surface area is 199 Å². The lowest BCUT2D eigenvalue weighted by Crippen LogP contribution is -2.46. The third-order valence-electron chi connectivity index (χ3n) is 6.48. The summed E-state index contributed by atoms with van der Waals surface area (Å²) < 4.78 is 18.8. The maximum absolute atomic E-state index is 13.3. The monoisotopic (exact) mass is 481 g/mol. The van der Waals surface area contributed by atoms with Crippen LogP contribution in [0.1, 0.15) is 24.8 Å². The second-order valence-electron chi connectivity index (χ2n) is 8.62. The molecule has 1 N–H and O–H groups in total. The van der Waals surface area contributed by atoms with Crippen molar-refractivity contribution in [3.8, 4) is 0 Å². The minimum Gasteiger partial charge on any atom is -0.396 e. The average molecular weight is 482 g/mol. The highest BCUT2D eigenvalue weighted by Crippen LogP contribution is 2.20. The van der Waals surface area contributed by atoms with Gasteiger partial charge in [0.05, 0.1) is 11.1 Å². The van der Waals surface area contributed by atoms with Gasteiger partial charge in [-0.3, -0.25) is 9.59 Å². The number of halogens is 2. The van der Waals surface area contributed by atoms with E-state index in [-0.39, 0.29) is 35.5 Å². The third kappa shape index (κ3) is 7.24. The fourth-order valence-electron chi connectivity index (χ4n) is 4.41. The van der Waals surface area contributed by atoms with Crippen LogP contribution in [0.25, 0.3) is 6.08 Å². The Morgan fingerprint density at radius 2 is 2.09 bits per heavy atom. The van der Waals surface area contributed by atoms with Gasteiger partial charge in [0.15, 0.2) is 0 Å². The number of ether oxygens (including phenoxy) is 1. The summed E-state index contributed by atoms with van der Waals surface area (Å²) in [7, 11) is 1.68. The molecule has 1 aromatic rings. The van der Waals surface area contributed by atoms with Gasteiger partial charge in [0.2, 0.25) is 11.8 Å². The van der Waals surface area contributed by atoms with Crippen molar-refractivity contribution in [2.75, 3.05) is 59.5 Å². The maximum atomic E-state index is 13.3. The van der Waals surface area contributed by atoms with Crippen LogP contribution in [-0.2, 0) is 14.3 Å². The number of carbonyl (C=O) groups is 2. The summed E-state index contributed by atoms with van der Waals surface area (Å²) in [6.45, 7) is 4.76. The normalized spacial score (nSPS) is 22.7. The van der Waals surface area contributed by atoms with Gasteiger partial charge in [-0.25, -0.2) is 4.39 Å². The highest BCUT2D eigenvalue weighted by molar-refractivity contribution is 6.30. The molecule has 9 heteroatoms. The molecule has 0 saturated carbocycles. The van der Waals surface area contributed by atoms with Gasteiger partial charge in [-0.05, 0) is 49.7 Å². The van der Waals surface area contributed by atoms with Crippen LogP contribution in [-0.4, -0.2) is 97.3 Å². The van der Waals surface area contributed by atoms with Crippen LogP contribution >= 0.6 is 11.6 Å². The molecule has 7 nitrogen and oxygen atoms in total. The summed E-state index contributed by atoms with van der Waals surface area (Å²) in [5.74, 6) is -0.425. The van der Waals surface area contributed by atoms with Gasteiger partial charge in [0.1, 0.15) is 5.82 Å². The molecule has 0 unspecified atom stereocenters. The number of methoxy groups -OCH3 is 1. The van der Waals surface area contributed by atoms with Gasteiger partial charge >= 0.3 is 0 Å². The topological polar surface area (TPSA) is 73.3 Å². The first kappa shape index (κ1) is 25.6. The molecule has 3 rings (SSSR count). The smallest absolute Gasteiger partial charge is 0.246 e. The summed E-state index contributed by atoms with van der Waals surface area (Å²) in [6.07, 6.45) is 5.15. The number of amides is 2. The predicted octanol–water partition coefficient (Wildman–Crippen LogP) is 2.27. The number of hydrogen-bond donors (Lipinski definition) is 1. The zero-order valence-electron chi connectivity index (χ0n) is 19.1. The highest BCUT2D eigenvalue weighted by atomic mass is 35.5. The fraction of sp³-hybridized carbons (Fsp3) is 0.583. The fourth-order valence-corrected chi connectivity index (χ4v) is 4.59. The molecule has 0 bridgehead atoms. The summed E-state index contributed by atoms with van der Waals surface area (Å²) >= 11 is 5.78. The molecular formula is C24H33ClFN3O4. The average Bonchev–Trinajstić information content (AvgIpc) is 3.01. The van der Waals surface area contributed by atoms with Crippen LogP contribution in [0.4, 0.5) is 4.39 Å². The maximum Gasteiger partial charge on any atom is 0.246 e. The molecule has 0 aromatic heterocycles. The van der Waals surface area contributed by atoms with Crippen molar-refractivity contribution in [1.82, 2.24) is 14.7 Å². The van der Waals surface area contributed by atoms with Gasteiger partial charge in [0.25, 0.3) is 0 Å². The molecule has 2 saturated heterocycles. The van der Waals surface area contributed by atoms with Gasteiger partial charge in [0, 0.05) is 64.9 Å². The summed E-state index contributed by atoms with van der Waals surface area (Å²) in [5.41, 5.74) is 0.640. The number of rotatable bonds is 8. The first-order valence-electron chi connectivity index (χ1n) is 11.5. The van der Waals surface area contributed by atoms with E-state index in [1.165, 1.54) is 18.2 Å². The lowest BCUT2D eigenvalue weighted by molar-refractivity contribution is -0.130. The van der Waals surface area contributed by atoms with E-state index in [1.807, 2.05) is 4.90 Å². The Morgan fingerprint density at radius 1 is 1.27 bits per heavy atom. The lowest BCUT2D eigenvalue weighted by Gasteiger charge is -2.37. The number of likely N-dealkylation sites (tertiary alicyclic amines) is 1. The molecule has 2 aliphatic heterocycles. The van der Waals surface area contributed by atoms with E-state index in [2.05, 4.69) is 4.90 Å². The van der Waals surface area contributed by atoms with E-state index in [0.717, 1.165) is 32.5 Å². The summed E-state index contributed by atoms with van der Waals surface area (Å²) in [4.78, 5) is 31.0. The Kier molecular flexibility index (Phi) is 9.67. The number of hydrogen-bond acceptors (Lipinski definition) is 5. The van der Waals surface area contributed by atoms with Crippen molar-refractivity contribution in [2.24, 2.45) is 5.92 Å². The Hall–Kier alpha value is -2.00. The minimum atomic E-state index is -0.501. The minimum absolute atomic E-state index is 0.0103. The van der Waals surface area contributed by atoms with Crippen molar-refractivity contribution >= 4 is 29.5 Å². The number of carbonyl (C=O) groups excluding carboxylic acids is 2. The van der Waals surface area contributed by atoms with E-state index in [0.29, 0.717) is 38.2 Å². The molecule has 0 radical (unpaired) electrons. The van der Waals surface area contributed by atoms with E-state index in [9.17, 15) is 19.1 Å². The van der Waals surface area contributed by atoms with E-state index in [1.54, 1.807) is 24.2 Å². The zero-order valence-corrected chi connectivity index (χ0v) is 19.8. The van der Waals surface area contributed by atoms with E-state index < -0.39 is 5.82 Å². The molecule has 2 heterocycles. The van der Waals surface area contributed by atoms with Crippen molar-refractivity contribution < 1.29 is 23.8 Å². The van der Waals surface area contributed by atoms with Crippen molar-refractivity contribution in [2.45, 2.75) is 25.4 Å². The molecule has 33 heavy (non-hydrogen) atoms. The van der Waals surface area contributed by atoms with Crippen LogP contribution in [0, 0.1) is 11.7 Å². The first-order valence-corrected chi connectivity index (χ1v) is 11.8. The Balaban J connectivity index is 1.45. The van der Waals surface area contributed by atoms with Crippen LogP contribution in [0.15, 0.2) is 24.3 Å². The molecule has 0 aliphatic carbocycles. The summed E-state index contributed by atoms with van der Waals surface area (Å²) in [6, 6.07) is 4.29. The molecule has 0 spiro atoms. The molecule has 2 aliphatic rings.